The number of carbonyl (C=O) groups is 1. The number of nitrogens with zero attached hydrogens (tertiary/aromatic N) is 3. The average Bonchev–Trinajstić information content (AvgIpc) is 3.32. The Labute approximate surface area is 199 Å². The Morgan fingerprint density at radius 2 is 1.97 bits per heavy atom. The zero-order chi connectivity index (χ0) is 22.8. The molecule has 2 aromatic heterocycles. The van der Waals surface area contributed by atoms with E-state index in [2.05, 4.69) is 58.5 Å². The minimum absolute atomic E-state index is 0.0464. The minimum Gasteiger partial charge on any atom is -0.462 e. The third-order valence-electron chi connectivity index (χ3n) is 6.68. The predicted molar refractivity (Wildman–Crippen MR) is 133 cm³/mol. The van der Waals surface area contributed by atoms with Crippen molar-refractivity contribution in [2.75, 3.05) is 44.2 Å². The molecule has 0 bridgehead atoms. The molecular formula is C26H31N3O3S. The van der Waals surface area contributed by atoms with Gasteiger partial charge in [0, 0.05) is 51.5 Å². The van der Waals surface area contributed by atoms with Gasteiger partial charge in [-0.05, 0) is 35.0 Å². The van der Waals surface area contributed by atoms with E-state index in [1.165, 1.54) is 17.0 Å². The molecule has 6 nitrogen and oxygen atoms in total. The minimum atomic E-state index is -0.224. The lowest BCUT2D eigenvalue weighted by Gasteiger charge is -2.35. The van der Waals surface area contributed by atoms with Gasteiger partial charge >= 0.3 is 5.97 Å². The van der Waals surface area contributed by atoms with Crippen molar-refractivity contribution in [1.82, 2.24) is 9.88 Å². The molecule has 2 atom stereocenters. The first-order chi connectivity index (χ1) is 16.1. The maximum Gasteiger partial charge on any atom is 0.302 e. The van der Waals surface area contributed by atoms with E-state index < -0.39 is 0 Å². The molecule has 174 valence electrons. The van der Waals surface area contributed by atoms with Crippen molar-refractivity contribution >= 4 is 33.2 Å². The summed E-state index contributed by atoms with van der Waals surface area (Å²) in [5.41, 5.74) is 3.22. The van der Waals surface area contributed by atoms with Crippen molar-refractivity contribution in [2.24, 2.45) is 0 Å². The third kappa shape index (κ3) is 4.90. The van der Waals surface area contributed by atoms with E-state index in [0.29, 0.717) is 13.0 Å². The standard InChI is InChI=1S/C26H31N3O3S/c1-3-28-10-12-29(13-11-28)26-25-21(9-15-33-25)16-23(27-26)19-4-6-20(7-5-19)24-17-22(8-14-31-24)32-18(2)30/h4-7,9,15-16,22,24H,3,8,10-14,17H2,1-2H3/t22-,24+/m0/s1. The summed E-state index contributed by atoms with van der Waals surface area (Å²) >= 11 is 1.77. The van der Waals surface area contributed by atoms with Crippen LogP contribution in [0, 0.1) is 0 Å². The third-order valence-corrected chi connectivity index (χ3v) is 7.61. The Balaban J connectivity index is 1.38. The predicted octanol–water partition coefficient (Wildman–Crippen LogP) is 4.89. The van der Waals surface area contributed by atoms with Crippen molar-refractivity contribution < 1.29 is 14.3 Å². The molecule has 2 saturated heterocycles. The molecule has 3 aromatic rings. The Bertz CT molecular complexity index is 1110. The number of fused-ring (bicyclic) bond motifs is 1. The van der Waals surface area contributed by atoms with Crippen LogP contribution in [0.5, 0.6) is 0 Å². The van der Waals surface area contributed by atoms with Crippen LogP contribution in [0.15, 0.2) is 41.8 Å². The molecular weight excluding hydrogens is 434 g/mol. The van der Waals surface area contributed by atoms with Crippen molar-refractivity contribution in [3.8, 4) is 11.3 Å². The molecule has 0 unspecified atom stereocenters. The van der Waals surface area contributed by atoms with Gasteiger partial charge in [-0.25, -0.2) is 4.98 Å². The Kier molecular flexibility index (Phi) is 6.62. The lowest BCUT2D eigenvalue weighted by molar-refractivity contribution is -0.153. The Morgan fingerprint density at radius 1 is 1.18 bits per heavy atom. The second kappa shape index (κ2) is 9.79. The lowest BCUT2D eigenvalue weighted by Crippen LogP contribution is -2.46. The van der Waals surface area contributed by atoms with Gasteiger partial charge in [0.15, 0.2) is 0 Å². The van der Waals surface area contributed by atoms with Gasteiger partial charge in [-0.2, -0.15) is 0 Å². The molecule has 0 N–H and O–H groups in total. The zero-order valence-electron chi connectivity index (χ0n) is 19.3. The van der Waals surface area contributed by atoms with Gasteiger partial charge in [0.25, 0.3) is 0 Å². The van der Waals surface area contributed by atoms with Gasteiger partial charge < -0.3 is 19.3 Å². The maximum absolute atomic E-state index is 11.3. The molecule has 0 saturated carbocycles. The molecule has 7 heteroatoms. The zero-order valence-corrected chi connectivity index (χ0v) is 20.1. The smallest absolute Gasteiger partial charge is 0.302 e. The normalized spacial score (nSPS) is 21.9. The van der Waals surface area contributed by atoms with Crippen LogP contribution in [0.3, 0.4) is 0 Å². The number of hydrogen-bond acceptors (Lipinski definition) is 7. The molecule has 0 radical (unpaired) electrons. The van der Waals surface area contributed by atoms with Crippen LogP contribution in [-0.2, 0) is 14.3 Å². The number of esters is 1. The van der Waals surface area contributed by atoms with Crippen LogP contribution in [0.25, 0.3) is 21.3 Å². The van der Waals surface area contributed by atoms with E-state index in [4.69, 9.17) is 14.5 Å². The van der Waals surface area contributed by atoms with Gasteiger partial charge in [-0.1, -0.05) is 31.2 Å². The van der Waals surface area contributed by atoms with Crippen LogP contribution in [0.4, 0.5) is 5.82 Å². The first kappa shape index (κ1) is 22.3. The van der Waals surface area contributed by atoms with Crippen molar-refractivity contribution in [3.63, 3.8) is 0 Å². The molecule has 0 spiro atoms. The topological polar surface area (TPSA) is 54.9 Å². The first-order valence-corrected chi connectivity index (χ1v) is 12.7. The molecule has 2 fully saturated rings. The highest BCUT2D eigenvalue weighted by molar-refractivity contribution is 7.17. The summed E-state index contributed by atoms with van der Waals surface area (Å²) < 4.78 is 12.7. The van der Waals surface area contributed by atoms with Crippen LogP contribution in [0.2, 0.25) is 0 Å². The van der Waals surface area contributed by atoms with Crippen LogP contribution in [0.1, 0.15) is 38.4 Å². The number of carbonyl (C=O) groups excluding carboxylic acids is 1. The van der Waals surface area contributed by atoms with Crippen molar-refractivity contribution in [3.05, 3.63) is 47.3 Å². The van der Waals surface area contributed by atoms with Crippen molar-refractivity contribution in [2.45, 2.75) is 38.9 Å². The molecule has 33 heavy (non-hydrogen) atoms. The molecule has 4 heterocycles. The summed E-state index contributed by atoms with van der Waals surface area (Å²) in [6, 6.07) is 12.9. The quantitative estimate of drug-likeness (QED) is 0.500. The van der Waals surface area contributed by atoms with E-state index in [9.17, 15) is 4.79 Å². The monoisotopic (exact) mass is 465 g/mol. The van der Waals surface area contributed by atoms with Gasteiger partial charge in [0.1, 0.15) is 11.9 Å². The number of rotatable bonds is 5. The SMILES string of the molecule is CCN1CCN(c2nc(-c3ccc([C@H]4C[C@@H](OC(C)=O)CCO4)cc3)cc3ccsc23)CC1. The van der Waals surface area contributed by atoms with Crippen LogP contribution in [-0.4, -0.2) is 61.3 Å². The van der Waals surface area contributed by atoms with E-state index >= 15 is 0 Å². The number of piperazine rings is 1. The Hall–Kier alpha value is -2.48. The van der Waals surface area contributed by atoms with E-state index in [-0.39, 0.29) is 18.2 Å². The van der Waals surface area contributed by atoms with Crippen molar-refractivity contribution in [1.29, 1.82) is 0 Å². The molecule has 2 aliphatic rings. The van der Waals surface area contributed by atoms with E-state index in [0.717, 1.165) is 61.8 Å². The number of pyridine rings is 1. The molecule has 2 aliphatic heterocycles. The maximum atomic E-state index is 11.3. The van der Waals surface area contributed by atoms with Gasteiger partial charge in [-0.15, -0.1) is 11.3 Å². The van der Waals surface area contributed by atoms with Crippen LogP contribution < -0.4 is 4.90 Å². The molecule has 5 rings (SSSR count). The molecule has 1 aromatic carbocycles. The fraction of sp³-hybridized carbons (Fsp3) is 0.462. The first-order valence-electron chi connectivity index (χ1n) is 11.9. The number of hydrogen-bond donors (Lipinski definition) is 0. The van der Waals surface area contributed by atoms with E-state index in [1.807, 2.05) is 0 Å². The summed E-state index contributed by atoms with van der Waals surface area (Å²) in [5, 5.41) is 3.41. The fourth-order valence-electron chi connectivity index (χ4n) is 4.81. The summed E-state index contributed by atoms with van der Waals surface area (Å²) in [5.74, 6) is 0.884. The number of thiophene rings is 1. The highest BCUT2D eigenvalue weighted by atomic mass is 32.1. The molecule has 0 amide bonds. The van der Waals surface area contributed by atoms with Gasteiger partial charge in [0.05, 0.1) is 23.1 Å². The summed E-state index contributed by atoms with van der Waals surface area (Å²) in [6.07, 6.45) is 1.34. The number of anilines is 1. The largest absolute Gasteiger partial charge is 0.462 e. The summed E-state index contributed by atoms with van der Waals surface area (Å²) in [7, 11) is 0. The number of aromatic nitrogens is 1. The fourth-order valence-corrected chi connectivity index (χ4v) is 5.70. The average molecular weight is 466 g/mol. The van der Waals surface area contributed by atoms with Gasteiger partial charge in [0.2, 0.25) is 0 Å². The second-order valence-electron chi connectivity index (χ2n) is 8.83. The van der Waals surface area contributed by atoms with Crippen LogP contribution >= 0.6 is 11.3 Å². The summed E-state index contributed by atoms with van der Waals surface area (Å²) in [6.45, 7) is 9.60. The highest BCUT2D eigenvalue weighted by Crippen LogP contribution is 2.35. The highest BCUT2D eigenvalue weighted by Gasteiger charge is 2.26. The number of likely N-dealkylation sites (N-methyl/N-ethyl adjacent to an activating group) is 1. The Morgan fingerprint density at radius 3 is 2.70 bits per heavy atom. The molecule has 0 aliphatic carbocycles. The summed E-state index contributed by atoms with van der Waals surface area (Å²) in [4.78, 5) is 21.4. The van der Waals surface area contributed by atoms with Gasteiger partial charge in [-0.3, -0.25) is 4.79 Å². The second-order valence-corrected chi connectivity index (χ2v) is 9.74. The number of benzene rings is 1. The number of ether oxygens (including phenoxy) is 2. The lowest BCUT2D eigenvalue weighted by atomic mass is 9.97. The van der Waals surface area contributed by atoms with E-state index in [1.54, 1.807) is 11.3 Å².